The third-order valence-electron chi connectivity index (χ3n) is 3.54. The molecule has 1 amide bonds. The molecule has 0 aromatic carbocycles. The van der Waals surface area contributed by atoms with E-state index in [-0.39, 0.29) is 24.3 Å². The molecular weight excluding hydrogens is 284 g/mol. The molecule has 0 aromatic rings. The third kappa shape index (κ3) is 7.42. The Morgan fingerprint density at radius 1 is 1.45 bits per heavy atom. The van der Waals surface area contributed by atoms with E-state index in [0.717, 1.165) is 19.4 Å². The molecule has 0 spiro atoms. The van der Waals surface area contributed by atoms with Crippen molar-refractivity contribution in [2.24, 2.45) is 0 Å². The molecule has 0 saturated carbocycles. The average Bonchev–Trinajstić information content (AvgIpc) is 2.36. The van der Waals surface area contributed by atoms with Crippen LogP contribution in [0.2, 0.25) is 0 Å². The van der Waals surface area contributed by atoms with Gasteiger partial charge in [-0.2, -0.15) is 0 Å². The predicted molar refractivity (Wildman–Crippen MR) is 85.9 cm³/mol. The Morgan fingerprint density at radius 2 is 2.14 bits per heavy atom. The van der Waals surface area contributed by atoms with Gasteiger partial charge in [0.1, 0.15) is 5.60 Å². The molecule has 130 valence electrons. The lowest BCUT2D eigenvalue weighted by Crippen LogP contribution is -2.52. The van der Waals surface area contributed by atoms with Crippen molar-refractivity contribution in [1.29, 1.82) is 0 Å². The molecule has 1 saturated heterocycles. The zero-order chi connectivity index (χ0) is 16.8. The number of ether oxygens (including phenoxy) is 2. The highest BCUT2D eigenvalue weighted by Gasteiger charge is 2.31. The Balaban J connectivity index is 2.49. The smallest absolute Gasteiger partial charge is 0.410 e. The summed E-state index contributed by atoms with van der Waals surface area (Å²) < 4.78 is 11.0. The van der Waals surface area contributed by atoms with Crippen molar-refractivity contribution in [3.63, 3.8) is 0 Å². The summed E-state index contributed by atoms with van der Waals surface area (Å²) in [6.07, 6.45) is 0.966. The van der Waals surface area contributed by atoms with Crippen molar-refractivity contribution in [1.82, 2.24) is 10.2 Å². The van der Waals surface area contributed by atoms with Gasteiger partial charge in [0.2, 0.25) is 0 Å². The van der Waals surface area contributed by atoms with Crippen molar-refractivity contribution in [3.05, 3.63) is 0 Å². The fourth-order valence-corrected chi connectivity index (χ4v) is 2.44. The molecule has 0 aromatic heterocycles. The van der Waals surface area contributed by atoms with Gasteiger partial charge in [-0.25, -0.2) is 4.79 Å². The van der Waals surface area contributed by atoms with E-state index in [0.29, 0.717) is 19.8 Å². The molecule has 1 aliphatic heterocycles. The maximum absolute atomic E-state index is 12.3. The van der Waals surface area contributed by atoms with Crippen LogP contribution in [0.3, 0.4) is 0 Å². The molecule has 3 atom stereocenters. The molecule has 1 aliphatic rings. The number of nitrogens with zero attached hydrogens (tertiary/aromatic N) is 1. The number of hydrogen-bond acceptors (Lipinski definition) is 5. The van der Waals surface area contributed by atoms with Gasteiger partial charge in [0.15, 0.2) is 0 Å². The van der Waals surface area contributed by atoms with E-state index in [9.17, 15) is 9.90 Å². The number of aliphatic hydroxyl groups is 1. The molecule has 6 heteroatoms. The lowest BCUT2D eigenvalue weighted by molar-refractivity contribution is -0.0355. The van der Waals surface area contributed by atoms with E-state index in [4.69, 9.17) is 9.47 Å². The van der Waals surface area contributed by atoms with Gasteiger partial charge < -0.3 is 24.8 Å². The van der Waals surface area contributed by atoms with Gasteiger partial charge in [-0.15, -0.1) is 0 Å². The zero-order valence-electron chi connectivity index (χ0n) is 14.6. The van der Waals surface area contributed by atoms with E-state index in [1.54, 1.807) is 11.8 Å². The Kier molecular flexibility index (Phi) is 7.59. The van der Waals surface area contributed by atoms with Crippen molar-refractivity contribution >= 4 is 6.09 Å². The van der Waals surface area contributed by atoms with Crippen LogP contribution < -0.4 is 5.32 Å². The molecule has 0 radical (unpaired) electrons. The van der Waals surface area contributed by atoms with Crippen molar-refractivity contribution in [3.8, 4) is 0 Å². The molecule has 1 fully saturated rings. The summed E-state index contributed by atoms with van der Waals surface area (Å²) in [4.78, 5) is 14.1. The summed E-state index contributed by atoms with van der Waals surface area (Å²) in [5.74, 6) is 0. The summed E-state index contributed by atoms with van der Waals surface area (Å²) in [6, 6.07) is 0.271. The van der Waals surface area contributed by atoms with Crippen molar-refractivity contribution in [2.45, 2.75) is 71.2 Å². The third-order valence-corrected chi connectivity index (χ3v) is 3.54. The Hall–Kier alpha value is -0.850. The van der Waals surface area contributed by atoms with Crippen LogP contribution in [0.4, 0.5) is 4.79 Å². The molecule has 22 heavy (non-hydrogen) atoms. The minimum absolute atomic E-state index is 0.0256. The lowest BCUT2D eigenvalue weighted by Gasteiger charge is -2.37. The summed E-state index contributed by atoms with van der Waals surface area (Å²) in [6.45, 7) is 11.9. The highest BCUT2D eigenvalue weighted by atomic mass is 16.6. The van der Waals surface area contributed by atoms with Crippen LogP contribution in [0.25, 0.3) is 0 Å². The van der Waals surface area contributed by atoms with E-state index < -0.39 is 5.60 Å². The van der Waals surface area contributed by atoms with E-state index in [1.165, 1.54) is 0 Å². The summed E-state index contributed by atoms with van der Waals surface area (Å²) in [7, 11) is 0. The first-order valence-electron chi connectivity index (χ1n) is 8.18. The lowest BCUT2D eigenvalue weighted by atomic mass is 10.1. The first-order valence-corrected chi connectivity index (χ1v) is 8.18. The van der Waals surface area contributed by atoms with Crippen LogP contribution in [0.5, 0.6) is 0 Å². The zero-order valence-corrected chi connectivity index (χ0v) is 14.6. The van der Waals surface area contributed by atoms with Gasteiger partial charge in [-0.05, 0) is 54.0 Å². The molecule has 6 nitrogen and oxygen atoms in total. The number of carbonyl (C=O) groups excluding carboxylic acids is 1. The number of aliphatic hydroxyl groups excluding tert-OH is 1. The number of carbonyl (C=O) groups is 1. The van der Waals surface area contributed by atoms with E-state index in [2.05, 4.69) is 12.2 Å². The first-order chi connectivity index (χ1) is 10.2. The summed E-state index contributed by atoms with van der Waals surface area (Å²) in [5, 5.41) is 12.7. The Labute approximate surface area is 134 Å². The largest absolute Gasteiger partial charge is 0.444 e. The highest BCUT2D eigenvalue weighted by molar-refractivity contribution is 5.68. The van der Waals surface area contributed by atoms with E-state index >= 15 is 0 Å². The quantitative estimate of drug-likeness (QED) is 0.781. The standard InChI is InChI=1S/C16H32N2O4/c1-12(17-7-6-13(2)19)10-14-11-21-9-8-18(14)15(20)22-16(3,4)5/h12-14,17,19H,6-11H2,1-5H3. The van der Waals surface area contributed by atoms with Gasteiger partial charge in [-0.3, -0.25) is 0 Å². The van der Waals surface area contributed by atoms with Crippen molar-refractivity contribution in [2.75, 3.05) is 26.3 Å². The number of rotatable bonds is 6. The maximum atomic E-state index is 12.3. The molecule has 1 heterocycles. The normalized spacial score (nSPS) is 22.3. The SMILES string of the molecule is CC(O)CCNC(C)CC1COCCN1C(=O)OC(C)(C)C. The van der Waals surface area contributed by atoms with Crippen LogP contribution >= 0.6 is 0 Å². The molecule has 0 aliphatic carbocycles. The number of hydrogen-bond donors (Lipinski definition) is 2. The van der Waals surface area contributed by atoms with Crippen molar-refractivity contribution < 1.29 is 19.4 Å². The molecule has 3 unspecified atom stereocenters. The van der Waals surface area contributed by atoms with Gasteiger partial charge in [-0.1, -0.05) is 0 Å². The van der Waals surface area contributed by atoms with Crippen LogP contribution in [0.1, 0.15) is 47.5 Å². The minimum atomic E-state index is -0.485. The predicted octanol–water partition coefficient (Wildman–Crippen LogP) is 1.76. The van der Waals surface area contributed by atoms with Crippen LogP contribution in [0.15, 0.2) is 0 Å². The average molecular weight is 316 g/mol. The number of morpholine rings is 1. The molecular formula is C16H32N2O4. The van der Waals surface area contributed by atoms with Gasteiger partial charge in [0.05, 0.1) is 25.4 Å². The second kappa shape index (κ2) is 8.70. The second-order valence-electron chi connectivity index (χ2n) is 7.13. The molecule has 2 N–H and O–H groups in total. The number of nitrogens with one attached hydrogen (secondary N) is 1. The summed E-state index contributed by atoms with van der Waals surface area (Å²) >= 11 is 0. The van der Waals surface area contributed by atoms with Crippen LogP contribution in [-0.4, -0.2) is 66.2 Å². The maximum Gasteiger partial charge on any atom is 0.410 e. The second-order valence-corrected chi connectivity index (χ2v) is 7.13. The van der Waals surface area contributed by atoms with Crippen LogP contribution in [0, 0.1) is 0 Å². The summed E-state index contributed by atoms with van der Waals surface area (Å²) in [5.41, 5.74) is -0.485. The van der Waals surface area contributed by atoms with Crippen LogP contribution in [-0.2, 0) is 9.47 Å². The van der Waals surface area contributed by atoms with Gasteiger partial charge in [0, 0.05) is 12.6 Å². The minimum Gasteiger partial charge on any atom is -0.444 e. The highest BCUT2D eigenvalue weighted by Crippen LogP contribution is 2.17. The topological polar surface area (TPSA) is 71.0 Å². The van der Waals surface area contributed by atoms with E-state index in [1.807, 2.05) is 20.8 Å². The fraction of sp³-hybridized carbons (Fsp3) is 0.938. The molecule has 0 bridgehead atoms. The van der Waals surface area contributed by atoms with Gasteiger partial charge >= 0.3 is 6.09 Å². The first kappa shape index (κ1) is 19.2. The fourth-order valence-electron chi connectivity index (χ4n) is 2.44. The Morgan fingerprint density at radius 3 is 2.73 bits per heavy atom. The molecule has 1 rings (SSSR count). The Bertz CT molecular complexity index is 342. The monoisotopic (exact) mass is 316 g/mol. The number of amides is 1. The van der Waals surface area contributed by atoms with Gasteiger partial charge in [0.25, 0.3) is 0 Å².